The molecule has 0 bridgehead atoms. The molecule has 0 atom stereocenters. The zero-order chi connectivity index (χ0) is 20.9. The highest BCUT2D eigenvalue weighted by atomic mass is 19.1. The average Bonchev–Trinajstić information content (AvgIpc) is 3.24. The molecule has 30 heavy (non-hydrogen) atoms. The Labute approximate surface area is 173 Å². The number of aromatic nitrogens is 1. The second kappa shape index (κ2) is 9.21. The molecule has 2 aromatic rings. The van der Waals surface area contributed by atoms with Gasteiger partial charge in [-0.2, -0.15) is 0 Å². The van der Waals surface area contributed by atoms with Gasteiger partial charge < -0.3 is 15.2 Å². The molecule has 2 aliphatic heterocycles. The topological polar surface area (TPSA) is 70.4 Å². The Morgan fingerprint density at radius 1 is 1.27 bits per heavy atom. The fourth-order valence-corrected chi connectivity index (χ4v) is 3.77. The first-order valence-corrected chi connectivity index (χ1v) is 10.1. The van der Waals surface area contributed by atoms with E-state index in [1.165, 1.54) is 17.7 Å². The molecule has 158 valence electrons. The van der Waals surface area contributed by atoms with Crippen LogP contribution in [0.3, 0.4) is 0 Å². The van der Waals surface area contributed by atoms with Crippen molar-refractivity contribution in [2.24, 2.45) is 5.92 Å². The van der Waals surface area contributed by atoms with Crippen LogP contribution in [0.5, 0.6) is 0 Å². The Bertz CT molecular complexity index is 962. The summed E-state index contributed by atoms with van der Waals surface area (Å²) in [7, 11) is 0. The number of likely N-dealkylation sites (tertiary alicyclic amines) is 1. The predicted molar refractivity (Wildman–Crippen MR) is 109 cm³/mol. The third-order valence-electron chi connectivity index (χ3n) is 5.50. The minimum Gasteiger partial charge on any atom is -0.387 e. The van der Waals surface area contributed by atoms with Crippen molar-refractivity contribution in [1.82, 2.24) is 20.7 Å². The maximum Gasteiger partial charge on any atom is 0.273 e. The van der Waals surface area contributed by atoms with E-state index in [1.807, 2.05) is 12.3 Å². The van der Waals surface area contributed by atoms with E-state index < -0.39 is 11.6 Å². The molecule has 0 spiro atoms. The van der Waals surface area contributed by atoms with Crippen molar-refractivity contribution in [3.8, 4) is 11.3 Å². The van der Waals surface area contributed by atoms with Crippen LogP contribution in [0.15, 0.2) is 52.7 Å². The summed E-state index contributed by atoms with van der Waals surface area (Å²) in [6.07, 6.45) is 8.17. The minimum absolute atomic E-state index is 0.0640. The number of carbonyl (C=O) groups is 1. The predicted octanol–water partition coefficient (Wildman–Crippen LogP) is 3.10. The molecule has 2 N–H and O–H groups in total. The first-order chi connectivity index (χ1) is 14.6. The fraction of sp³-hybridized carbons (Fsp3) is 0.364. The number of allylic oxidation sites excluding steroid dienone is 2. The molecule has 1 aromatic carbocycles. The summed E-state index contributed by atoms with van der Waals surface area (Å²) in [5.41, 5.74) is 1.52. The molecule has 6 nitrogen and oxygen atoms in total. The second-order valence-electron chi connectivity index (χ2n) is 7.70. The van der Waals surface area contributed by atoms with E-state index in [0.717, 1.165) is 51.2 Å². The van der Waals surface area contributed by atoms with E-state index in [9.17, 15) is 13.6 Å². The number of rotatable bonds is 6. The van der Waals surface area contributed by atoms with Crippen LogP contribution in [0.2, 0.25) is 0 Å². The average molecular weight is 414 g/mol. The second-order valence-corrected chi connectivity index (χ2v) is 7.70. The molecular weight excluding hydrogens is 390 g/mol. The van der Waals surface area contributed by atoms with Gasteiger partial charge >= 0.3 is 0 Å². The first-order valence-electron chi connectivity index (χ1n) is 10.1. The van der Waals surface area contributed by atoms with E-state index in [4.69, 9.17) is 4.52 Å². The molecule has 8 heteroatoms. The number of nitrogens with zero attached hydrogens (tertiary/aromatic N) is 2. The molecule has 1 fully saturated rings. The highest BCUT2D eigenvalue weighted by Crippen LogP contribution is 2.24. The summed E-state index contributed by atoms with van der Waals surface area (Å²) in [6, 6.07) is 4.53. The van der Waals surface area contributed by atoms with Crippen LogP contribution in [0.4, 0.5) is 8.78 Å². The lowest BCUT2D eigenvalue weighted by atomic mass is 9.96. The van der Waals surface area contributed by atoms with Gasteiger partial charge in [-0.3, -0.25) is 9.69 Å². The van der Waals surface area contributed by atoms with Crippen molar-refractivity contribution in [1.29, 1.82) is 0 Å². The van der Waals surface area contributed by atoms with Gasteiger partial charge in [0.05, 0.1) is 5.56 Å². The van der Waals surface area contributed by atoms with Crippen LogP contribution >= 0.6 is 0 Å². The van der Waals surface area contributed by atoms with Gasteiger partial charge in [0.1, 0.15) is 11.6 Å². The number of carbonyl (C=O) groups excluding carboxylic acids is 1. The Kier molecular flexibility index (Phi) is 6.23. The van der Waals surface area contributed by atoms with Crippen molar-refractivity contribution in [2.75, 3.05) is 32.7 Å². The van der Waals surface area contributed by atoms with Crippen molar-refractivity contribution < 1.29 is 18.1 Å². The summed E-state index contributed by atoms with van der Waals surface area (Å²) in [5, 5.41) is 9.84. The Hall–Kier alpha value is -3.00. The Balaban J connectivity index is 1.25. The molecule has 0 aliphatic carbocycles. The maximum absolute atomic E-state index is 13.9. The molecule has 1 saturated heterocycles. The molecule has 0 radical (unpaired) electrons. The van der Waals surface area contributed by atoms with E-state index in [1.54, 1.807) is 0 Å². The molecule has 1 amide bonds. The molecule has 3 heterocycles. The Morgan fingerprint density at radius 3 is 2.83 bits per heavy atom. The van der Waals surface area contributed by atoms with Gasteiger partial charge in [-0.1, -0.05) is 11.2 Å². The maximum atomic E-state index is 13.9. The molecule has 0 saturated carbocycles. The lowest BCUT2D eigenvalue weighted by Gasteiger charge is -2.32. The van der Waals surface area contributed by atoms with Gasteiger partial charge in [0.15, 0.2) is 11.5 Å². The fourth-order valence-electron chi connectivity index (χ4n) is 3.77. The first kappa shape index (κ1) is 20.3. The van der Waals surface area contributed by atoms with Crippen LogP contribution in [0.25, 0.3) is 11.3 Å². The molecule has 2 aliphatic rings. The number of benzene rings is 1. The van der Waals surface area contributed by atoms with Crippen LogP contribution in [-0.4, -0.2) is 48.7 Å². The third kappa shape index (κ3) is 4.94. The highest BCUT2D eigenvalue weighted by molar-refractivity contribution is 5.93. The van der Waals surface area contributed by atoms with Gasteiger partial charge in [-0.05, 0) is 61.8 Å². The van der Waals surface area contributed by atoms with Gasteiger partial charge in [0, 0.05) is 31.8 Å². The van der Waals surface area contributed by atoms with Crippen LogP contribution in [0.1, 0.15) is 23.3 Å². The quantitative estimate of drug-likeness (QED) is 0.760. The standard InChI is InChI=1S/C22H24F2N4O2/c23-17-3-4-18(19(24)10-17)21-11-20(27-30-21)22(29)26-13-15-5-8-28(9-6-15)14-16-2-1-7-25-12-16/h1-4,7,10-11,15,25H,5-6,8-9,12-14H2,(H,26,29). The van der Waals surface area contributed by atoms with E-state index in [0.29, 0.717) is 12.5 Å². The zero-order valence-corrected chi connectivity index (χ0v) is 16.5. The van der Waals surface area contributed by atoms with Gasteiger partial charge in [-0.25, -0.2) is 8.78 Å². The summed E-state index contributed by atoms with van der Waals surface area (Å²) in [4.78, 5) is 14.8. The number of dihydropyridines is 1. The number of piperidine rings is 1. The van der Waals surface area contributed by atoms with Gasteiger partial charge in [0.2, 0.25) is 0 Å². The van der Waals surface area contributed by atoms with Gasteiger partial charge in [-0.15, -0.1) is 0 Å². The summed E-state index contributed by atoms with van der Waals surface area (Å²) in [5.74, 6) is -1.30. The lowest BCUT2D eigenvalue weighted by molar-refractivity contribution is 0.0928. The monoisotopic (exact) mass is 414 g/mol. The summed E-state index contributed by atoms with van der Waals surface area (Å²) < 4.78 is 32.0. The Morgan fingerprint density at radius 2 is 2.10 bits per heavy atom. The third-order valence-corrected chi connectivity index (χ3v) is 5.50. The number of hydrogen-bond donors (Lipinski definition) is 2. The van der Waals surface area contributed by atoms with Crippen molar-refractivity contribution >= 4 is 5.91 Å². The SMILES string of the molecule is O=C(NCC1CCN(CC2=CC=CNC2)CC1)c1cc(-c2ccc(F)cc2F)on1. The van der Waals surface area contributed by atoms with E-state index >= 15 is 0 Å². The number of amides is 1. The van der Waals surface area contributed by atoms with Crippen molar-refractivity contribution in [3.63, 3.8) is 0 Å². The van der Waals surface area contributed by atoms with E-state index in [2.05, 4.69) is 26.8 Å². The number of halogens is 2. The number of hydrogen-bond acceptors (Lipinski definition) is 5. The summed E-state index contributed by atoms with van der Waals surface area (Å²) in [6.45, 7) is 4.43. The highest BCUT2D eigenvalue weighted by Gasteiger charge is 2.22. The molecule has 0 unspecified atom stereocenters. The minimum atomic E-state index is -0.763. The van der Waals surface area contributed by atoms with Crippen LogP contribution < -0.4 is 10.6 Å². The molecular formula is C22H24F2N4O2. The summed E-state index contributed by atoms with van der Waals surface area (Å²) >= 11 is 0. The van der Waals surface area contributed by atoms with Crippen molar-refractivity contribution in [3.05, 3.63) is 65.5 Å². The largest absolute Gasteiger partial charge is 0.387 e. The lowest BCUT2D eigenvalue weighted by Crippen LogP contribution is -2.40. The zero-order valence-electron chi connectivity index (χ0n) is 16.5. The van der Waals surface area contributed by atoms with Crippen LogP contribution in [0, 0.1) is 17.6 Å². The smallest absolute Gasteiger partial charge is 0.273 e. The van der Waals surface area contributed by atoms with Crippen molar-refractivity contribution in [2.45, 2.75) is 12.8 Å². The normalized spacial score (nSPS) is 17.5. The number of nitrogens with one attached hydrogen (secondary N) is 2. The van der Waals surface area contributed by atoms with Gasteiger partial charge in [0.25, 0.3) is 5.91 Å². The van der Waals surface area contributed by atoms with E-state index in [-0.39, 0.29) is 22.9 Å². The molecule has 4 rings (SSSR count). The van der Waals surface area contributed by atoms with Crippen LogP contribution in [-0.2, 0) is 0 Å². The molecule has 1 aromatic heterocycles.